The van der Waals surface area contributed by atoms with E-state index < -0.39 is 11.7 Å². The molecule has 2 rings (SSSR count). The highest BCUT2D eigenvalue weighted by Crippen LogP contribution is 2.36. The highest BCUT2D eigenvalue weighted by molar-refractivity contribution is 6.31. The lowest BCUT2D eigenvalue weighted by Gasteiger charge is -2.12. The van der Waals surface area contributed by atoms with Crippen molar-refractivity contribution < 1.29 is 23.4 Å². The SMILES string of the molecule is Oc1ccc(CNc2ccc(Cl)c(C(F)(F)F)c2)cc1O. The van der Waals surface area contributed by atoms with Crippen LogP contribution < -0.4 is 5.32 Å². The second-order valence-electron chi connectivity index (χ2n) is 4.37. The van der Waals surface area contributed by atoms with E-state index in [1.54, 1.807) is 6.07 Å². The Morgan fingerprint density at radius 3 is 2.33 bits per heavy atom. The molecule has 21 heavy (non-hydrogen) atoms. The van der Waals surface area contributed by atoms with E-state index in [1.165, 1.54) is 24.3 Å². The maximum absolute atomic E-state index is 12.7. The van der Waals surface area contributed by atoms with Crippen LogP contribution in [0, 0.1) is 0 Å². The van der Waals surface area contributed by atoms with Crippen LogP contribution in [-0.4, -0.2) is 10.2 Å². The number of alkyl halides is 3. The van der Waals surface area contributed by atoms with E-state index in [0.29, 0.717) is 5.56 Å². The van der Waals surface area contributed by atoms with Gasteiger partial charge < -0.3 is 15.5 Å². The van der Waals surface area contributed by atoms with Crippen LogP contribution in [-0.2, 0) is 12.7 Å². The molecule has 0 radical (unpaired) electrons. The van der Waals surface area contributed by atoms with Gasteiger partial charge in [-0.3, -0.25) is 0 Å². The zero-order valence-electron chi connectivity index (χ0n) is 10.6. The largest absolute Gasteiger partial charge is 0.504 e. The summed E-state index contributed by atoms with van der Waals surface area (Å²) in [5.74, 6) is -0.550. The summed E-state index contributed by atoms with van der Waals surface area (Å²) in [6.45, 7) is 0.187. The number of phenols is 2. The molecule has 0 saturated heterocycles. The minimum atomic E-state index is -4.52. The predicted octanol–water partition coefficient (Wildman–Crippen LogP) is 4.38. The number of aromatic hydroxyl groups is 2. The lowest BCUT2D eigenvalue weighted by Crippen LogP contribution is -2.07. The Morgan fingerprint density at radius 1 is 1.00 bits per heavy atom. The van der Waals surface area contributed by atoms with Gasteiger partial charge in [-0.1, -0.05) is 17.7 Å². The number of benzene rings is 2. The molecule has 0 amide bonds. The third-order valence-corrected chi connectivity index (χ3v) is 3.14. The highest BCUT2D eigenvalue weighted by atomic mass is 35.5. The number of nitrogens with one attached hydrogen (secondary N) is 1. The highest BCUT2D eigenvalue weighted by Gasteiger charge is 2.33. The van der Waals surface area contributed by atoms with E-state index in [4.69, 9.17) is 11.6 Å². The second-order valence-corrected chi connectivity index (χ2v) is 4.78. The Kier molecular flexibility index (Phi) is 4.18. The number of phenolic OH excluding ortho intramolecular Hbond substituents is 2. The molecule has 0 spiro atoms. The summed E-state index contributed by atoms with van der Waals surface area (Å²) < 4.78 is 38.1. The molecule has 0 aliphatic carbocycles. The van der Waals surface area contributed by atoms with Crippen molar-refractivity contribution in [1.82, 2.24) is 0 Å². The Balaban J connectivity index is 2.15. The van der Waals surface area contributed by atoms with Crippen LogP contribution in [0.5, 0.6) is 11.5 Å². The molecule has 2 aromatic carbocycles. The van der Waals surface area contributed by atoms with Gasteiger partial charge in [-0.15, -0.1) is 0 Å². The summed E-state index contributed by atoms with van der Waals surface area (Å²) >= 11 is 5.53. The standard InChI is InChI=1S/C14H11ClF3NO2/c15-11-3-2-9(6-10(11)14(16,17)18)19-7-8-1-4-12(20)13(21)5-8/h1-6,19-21H,7H2. The summed E-state index contributed by atoms with van der Waals surface area (Å²) in [5.41, 5.74) is -0.0594. The van der Waals surface area contributed by atoms with Gasteiger partial charge in [-0.05, 0) is 35.9 Å². The first-order valence-electron chi connectivity index (χ1n) is 5.89. The molecule has 0 saturated carbocycles. The smallest absolute Gasteiger partial charge is 0.417 e. The van der Waals surface area contributed by atoms with Crippen LogP contribution in [0.4, 0.5) is 18.9 Å². The van der Waals surface area contributed by atoms with Crippen LogP contribution >= 0.6 is 11.6 Å². The Hall–Kier alpha value is -2.08. The van der Waals surface area contributed by atoms with Gasteiger partial charge >= 0.3 is 6.18 Å². The van der Waals surface area contributed by atoms with E-state index in [2.05, 4.69) is 5.32 Å². The molecule has 0 fully saturated rings. The van der Waals surface area contributed by atoms with Gasteiger partial charge in [-0.2, -0.15) is 13.2 Å². The monoisotopic (exact) mass is 317 g/mol. The number of anilines is 1. The molecule has 0 aliphatic rings. The molecular weight excluding hydrogens is 307 g/mol. The van der Waals surface area contributed by atoms with Crippen LogP contribution in [0.15, 0.2) is 36.4 Å². The minimum Gasteiger partial charge on any atom is -0.504 e. The van der Waals surface area contributed by atoms with Gasteiger partial charge in [0.25, 0.3) is 0 Å². The van der Waals surface area contributed by atoms with Gasteiger partial charge in [0.15, 0.2) is 11.5 Å². The lowest BCUT2D eigenvalue weighted by molar-refractivity contribution is -0.137. The summed E-state index contributed by atoms with van der Waals surface area (Å²) in [4.78, 5) is 0. The molecule has 3 nitrogen and oxygen atoms in total. The van der Waals surface area contributed by atoms with Gasteiger partial charge in [0.1, 0.15) is 0 Å². The summed E-state index contributed by atoms with van der Waals surface area (Å²) in [7, 11) is 0. The summed E-state index contributed by atoms with van der Waals surface area (Å²) in [6.07, 6.45) is -4.52. The minimum absolute atomic E-state index is 0.187. The molecule has 0 bridgehead atoms. The normalized spacial score (nSPS) is 11.4. The maximum atomic E-state index is 12.7. The third kappa shape index (κ3) is 3.72. The Bertz CT molecular complexity index is 659. The van der Waals surface area contributed by atoms with Crippen molar-refractivity contribution in [2.45, 2.75) is 12.7 Å². The quantitative estimate of drug-likeness (QED) is 0.736. The molecule has 2 aromatic rings. The first-order valence-corrected chi connectivity index (χ1v) is 6.26. The molecule has 0 heterocycles. The van der Waals surface area contributed by atoms with Crippen molar-refractivity contribution in [3.8, 4) is 11.5 Å². The first-order chi connectivity index (χ1) is 9.77. The second kappa shape index (κ2) is 5.73. The fraction of sp³-hybridized carbons (Fsp3) is 0.143. The van der Waals surface area contributed by atoms with Gasteiger partial charge in [0.2, 0.25) is 0 Å². The van der Waals surface area contributed by atoms with Crippen molar-refractivity contribution >= 4 is 17.3 Å². The van der Waals surface area contributed by atoms with Crippen LogP contribution in [0.3, 0.4) is 0 Å². The fourth-order valence-electron chi connectivity index (χ4n) is 1.74. The molecule has 0 aliphatic heterocycles. The summed E-state index contributed by atoms with van der Waals surface area (Å²) in [6, 6.07) is 7.68. The molecule has 7 heteroatoms. The topological polar surface area (TPSA) is 52.5 Å². The summed E-state index contributed by atoms with van der Waals surface area (Å²) in [5, 5.41) is 20.9. The van der Waals surface area contributed by atoms with Crippen molar-refractivity contribution in [3.63, 3.8) is 0 Å². The van der Waals surface area contributed by atoms with E-state index in [-0.39, 0.29) is 28.8 Å². The number of hydrogen-bond donors (Lipinski definition) is 3. The average molecular weight is 318 g/mol. The Labute approximate surface area is 123 Å². The zero-order valence-corrected chi connectivity index (χ0v) is 11.3. The maximum Gasteiger partial charge on any atom is 0.417 e. The van der Waals surface area contributed by atoms with Gasteiger partial charge in [0.05, 0.1) is 10.6 Å². The van der Waals surface area contributed by atoms with Crippen molar-refractivity contribution in [2.24, 2.45) is 0 Å². The van der Waals surface area contributed by atoms with Gasteiger partial charge in [-0.25, -0.2) is 0 Å². The van der Waals surface area contributed by atoms with E-state index in [9.17, 15) is 23.4 Å². The van der Waals surface area contributed by atoms with E-state index in [0.717, 1.165) is 6.07 Å². The van der Waals surface area contributed by atoms with E-state index >= 15 is 0 Å². The third-order valence-electron chi connectivity index (χ3n) is 2.81. The van der Waals surface area contributed by atoms with Crippen molar-refractivity contribution in [2.75, 3.05) is 5.32 Å². The number of halogens is 4. The molecule has 0 unspecified atom stereocenters. The van der Waals surface area contributed by atoms with E-state index in [1.807, 2.05) is 0 Å². The van der Waals surface area contributed by atoms with Gasteiger partial charge in [0, 0.05) is 12.2 Å². The zero-order chi connectivity index (χ0) is 15.6. The Morgan fingerprint density at radius 2 is 1.71 bits per heavy atom. The van der Waals surface area contributed by atoms with Crippen LogP contribution in [0.1, 0.15) is 11.1 Å². The lowest BCUT2D eigenvalue weighted by atomic mass is 10.1. The van der Waals surface area contributed by atoms with Crippen molar-refractivity contribution in [1.29, 1.82) is 0 Å². The van der Waals surface area contributed by atoms with Crippen LogP contribution in [0.25, 0.3) is 0 Å². The fourth-order valence-corrected chi connectivity index (χ4v) is 1.96. The number of rotatable bonds is 3. The molecular formula is C14H11ClF3NO2. The number of hydrogen-bond acceptors (Lipinski definition) is 3. The molecule has 112 valence electrons. The van der Waals surface area contributed by atoms with Crippen LogP contribution in [0.2, 0.25) is 5.02 Å². The molecule has 0 aromatic heterocycles. The van der Waals surface area contributed by atoms with Crippen molar-refractivity contribution in [3.05, 3.63) is 52.5 Å². The first kappa shape index (κ1) is 15.3. The predicted molar refractivity (Wildman–Crippen MR) is 73.6 cm³/mol. The average Bonchev–Trinajstić information content (AvgIpc) is 2.40. The molecule has 3 N–H and O–H groups in total. The molecule has 0 atom stereocenters.